The number of aromatic nitrogens is 2. The summed E-state index contributed by atoms with van der Waals surface area (Å²) in [4.78, 5) is 23.2. The predicted octanol–water partition coefficient (Wildman–Crippen LogP) is 3.75. The molecule has 2 N–H and O–H groups in total. The quantitative estimate of drug-likeness (QED) is 0.689. The van der Waals surface area contributed by atoms with E-state index >= 15 is 0 Å². The zero-order valence-electron chi connectivity index (χ0n) is 15.6. The van der Waals surface area contributed by atoms with Crippen LogP contribution < -0.4 is 15.5 Å². The lowest BCUT2D eigenvalue weighted by Gasteiger charge is -2.18. The van der Waals surface area contributed by atoms with Crippen molar-refractivity contribution in [3.63, 3.8) is 0 Å². The van der Waals surface area contributed by atoms with Crippen LogP contribution >= 0.6 is 0 Å². The van der Waals surface area contributed by atoms with Gasteiger partial charge in [-0.15, -0.1) is 0 Å². The van der Waals surface area contributed by atoms with Crippen LogP contribution in [0.15, 0.2) is 67.0 Å². The minimum Gasteiger partial charge on any atom is -0.372 e. The maximum absolute atomic E-state index is 12.4. The molecule has 3 heterocycles. The number of rotatable bonds is 6. The van der Waals surface area contributed by atoms with Gasteiger partial charge >= 0.3 is 0 Å². The van der Waals surface area contributed by atoms with E-state index in [2.05, 4.69) is 49.8 Å². The molecule has 1 aliphatic rings. The number of hydrogen-bond donors (Lipinski definition) is 2. The molecule has 1 aromatic carbocycles. The summed E-state index contributed by atoms with van der Waals surface area (Å²) in [6, 6.07) is 17.6. The highest BCUT2D eigenvalue weighted by molar-refractivity contribution is 5.93. The molecule has 0 radical (unpaired) electrons. The second-order valence-corrected chi connectivity index (χ2v) is 6.80. The lowest BCUT2D eigenvalue weighted by Crippen LogP contribution is -2.24. The van der Waals surface area contributed by atoms with Gasteiger partial charge in [0.1, 0.15) is 5.69 Å². The summed E-state index contributed by atoms with van der Waals surface area (Å²) in [5, 5.41) is 6.19. The van der Waals surface area contributed by atoms with Crippen molar-refractivity contribution in [1.29, 1.82) is 0 Å². The van der Waals surface area contributed by atoms with E-state index in [0.717, 1.165) is 30.2 Å². The van der Waals surface area contributed by atoms with Crippen LogP contribution in [0.25, 0.3) is 0 Å². The lowest BCUT2D eigenvalue weighted by molar-refractivity contribution is 0.0945. The average Bonchev–Trinajstić information content (AvgIpc) is 3.28. The van der Waals surface area contributed by atoms with Gasteiger partial charge in [0, 0.05) is 42.5 Å². The molecule has 0 aliphatic carbocycles. The van der Waals surface area contributed by atoms with Gasteiger partial charge in [0.05, 0.1) is 12.2 Å². The summed E-state index contributed by atoms with van der Waals surface area (Å²) in [7, 11) is 0. The van der Waals surface area contributed by atoms with Crippen LogP contribution in [0.3, 0.4) is 0 Å². The van der Waals surface area contributed by atoms with Crippen molar-refractivity contribution in [3.8, 4) is 0 Å². The Kier molecular flexibility index (Phi) is 5.47. The fourth-order valence-electron chi connectivity index (χ4n) is 3.29. The third-order valence-electron chi connectivity index (χ3n) is 4.78. The Labute approximate surface area is 164 Å². The summed E-state index contributed by atoms with van der Waals surface area (Å²) in [5.41, 5.74) is 4.24. The molecular weight excluding hydrogens is 350 g/mol. The number of nitrogens with zero attached hydrogens (tertiary/aromatic N) is 3. The second-order valence-electron chi connectivity index (χ2n) is 6.80. The van der Waals surface area contributed by atoms with Gasteiger partial charge in [-0.05, 0) is 61.4 Å². The van der Waals surface area contributed by atoms with Crippen LogP contribution in [-0.2, 0) is 6.54 Å². The SMILES string of the molecule is O=C(NCc1ccccn1)c1cc(Nc2ccc(N3CCCC3)cc2)ccn1. The molecule has 0 unspecified atom stereocenters. The van der Waals surface area contributed by atoms with Crippen molar-refractivity contribution in [2.45, 2.75) is 19.4 Å². The van der Waals surface area contributed by atoms with Crippen molar-refractivity contribution >= 4 is 23.0 Å². The van der Waals surface area contributed by atoms with Gasteiger partial charge in [-0.2, -0.15) is 0 Å². The number of benzene rings is 1. The molecular formula is C22H23N5O. The van der Waals surface area contributed by atoms with Gasteiger partial charge in [0.2, 0.25) is 0 Å². The van der Waals surface area contributed by atoms with Crippen molar-refractivity contribution < 1.29 is 4.79 Å². The molecule has 142 valence electrons. The average molecular weight is 373 g/mol. The van der Waals surface area contributed by atoms with Crippen LogP contribution in [0.1, 0.15) is 29.0 Å². The Hall–Kier alpha value is -3.41. The minimum atomic E-state index is -0.223. The molecule has 4 rings (SSSR count). The first-order valence-corrected chi connectivity index (χ1v) is 9.54. The third-order valence-corrected chi connectivity index (χ3v) is 4.78. The van der Waals surface area contributed by atoms with E-state index in [0.29, 0.717) is 12.2 Å². The number of amides is 1. The molecule has 2 aromatic heterocycles. The number of pyridine rings is 2. The van der Waals surface area contributed by atoms with E-state index in [-0.39, 0.29) is 5.91 Å². The first-order valence-electron chi connectivity index (χ1n) is 9.54. The summed E-state index contributed by atoms with van der Waals surface area (Å²) in [6.45, 7) is 2.64. The molecule has 0 bridgehead atoms. The van der Waals surface area contributed by atoms with E-state index in [9.17, 15) is 4.79 Å². The van der Waals surface area contributed by atoms with Gasteiger partial charge < -0.3 is 15.5 Å². The van der Waals surface area contributed by atoms with Gasteiger partial charge in [0.25, 0.3) is 5.91 Å². The monoisotopic (exact) mass is 373 g/mol. The smallest absolute Gasteiger partial charge is 0.270 e. The van der Waals surface area contributed by atoms with E-state index in [4.69, 9.17) is 0 Å². The Morgan fingerprint density at radius 3 is 2.50 bits per heavy atom. The predicted molar refractivity (Wildman–Crippen MR) is 111 cm³/mol. The molecule has 1 amide bonds. The van der Waals surface area contributed by atoms with E-state index < -0.39 is 0 Å². The number of anilines is 3. The molecule has 28 heavy (non-hydrogen) atoms. The number of carbonyl (C=O) groups excluding carboxylic acids is 1. The molecule has 6 nitrogen and oxygen atoms in total. The zero-order chi connectivity index (χ0) is 19.2. The normalized spacial score (nSPS) is 13.4. The first kappa shape index (κ1) is 18.0. The summed E-state index contributed by atoms with van der Waals surface area (Å²) in [6.07, 6.45) is 5.88. The number of nitrogens with one attached hydrogen (secondary N) is 2. The fraction of sp³-hybridized carbons (Fsp3) is 0.227. The van der Waals surface area contributed by atoms with Gasteiger partial charge in [-0.3, -0.25) is 14.8 Å². The summed E-state index contributed by atoms with van der Waals surface area (Å²) >= 11 is 0. The third kappa shape index (κ3) is 4.46. The molecule has 1 fully saturated rings. The molecule has 6 heteroatoms. The lowest BCUT2D eigenvalue weighted by atomic mass is 10.2. The van der Waals surface area contributed by atoms with Crippen molar-refractivity contribution in [3.05, 3.63) is 78.4 Å². The molecule has 1 aliphatic heterocycles. The van der Waals surface area contributed by atoms with Gasteiger partial charge in [-0.1, -0.05) is 6.07 Å². The standard InChI is InChI=1S/C22H23N5O/c28-22(25-16-19-5-1-2-11-23-19)21-15-18(10-12-24-21)26-17-6-8-20(9-7-17)27-13-3-4-14-27/h1-2,5-12,15H,3-4,13-14,16H2,(H,24,26)(H,25,28). The highest BCUT2D eigenvalue weighted by atomic mass is 16.1. The largest absolute Gasteiger partial charge is 0.372 e. The van der Waals surface area contributed by atoms with E-state index in [1.54, 1.807) is 18.5 Å². The van der Waals surface area contributed by atoms with Crippen LogP contribution in [0.2, 0.25) is 0 Å². The minimum absolute atomic E-state index is 0.223. The van der Waals surface area contributed by atoms with Crippen molar-refractivity contribution in [2.75, 3.05) is 23.3 Å². The molecule has 0 spiro atoms. The summed E-state index contributed by atoms with van der Waals surface area (Å²) < 4.78 is 0. The van der Waals surface area contributed by atoms with Crippen LogP contribution in [0, 0.1) is 0 Å². The Morgan fingerprint density at radius 2 is 1.75 bits per heavy atom. The molecule has 0 atom stereocenters. The maximum atomic E-state index is 12.4. The number of hydrogen-bond acceptors (Lipinski definition) is 5. The molecule has 3 aromatic rings. The van der Waals surface area contributed by atoms with Crippen LogP contribution in [0.5, 0.6) is 0 Å². The van der Waals surface area contributed by atoms with Gasteiger partial charge in [-0.25, -0.2) is 0 Å². The Morgan fingerprint density at radius 1 is 0.929 bits per heavy atom. The highest BCUT2D eigenvalue weighted by Crippen LogP contribution is 2.24. The van der Waals surface area contributed by atoms with Crippen LogP contribution in [-0.4, -0.2) is 29.0 Å². The summed E-state index contributed by atoms with van der Waals surface area (Å²) in [5.74, 6) is -0.223. The van der Waals surface area contributed by atoms with E-state index in [1.807, 2.05) is 24.3 Å². The van der Waals surface area contributed by atoms with Crippen molar-refractivity contribution in [1.82, 2.24) is 15.3 Å². The van der Waals surface area contributed by atoms with Crippen molar-refractivity contribution in [2.24, 2.45) is 0 Å². The van der Waals surface area contributed by atoms with Crippen LogP contribution in [0.4, 0.5) is 17.1 Å². The topological polar surface area (TPSA) is 70.2 Å². The fourth-order valence-corrected chi connectivity index (χ4v) is 3.29. The number of carbonyl (C=O) groups is 1. The van der Waals surface area contributed by atoms with Gasteiger partial charge in [0.15, 0.2) is 0 Å². The second kappa shape index (κ2) is 8.52. The zero-order valence-corrected chi connectivity index (χ0v) is 15.6. The molecule has 0 saturated carbocycles. The Bertz CT molecular complexity index is 921. The first-order chi connectivity index (χ1) is 13.8. The van der Waals surface area contributed by atoms with E-state index in [1.165, 1.54) is 18.5 Å². The Balaban J connectivity index is 1.38. The molecule has 1 saturated heterocycles. The highest BCUT2D eigenvalue weighted by Gasteiger charge is 2.12. The maximum Gasteiger partial charge on any atom is 0.270 e.